The largest absolute Gasteiger partial charge is 0.353 e. The Morgan fingerprint density at radius 2 is 1.88 bits per heavy atom. The Balaban J connectivity index is 1.55. The van der Waals surface area contributed by atoms with E-state index in [0.29, 0.717) is 44.5 Å². The molecule has 168 valence electrons. The summed E-state index contributed by atoms with van der Waals surface area (Å²) in [5.41, 5.74) is 0.490. The molecule has 8 nitrogen and oxygen atoms in total. The predicted octanol–water partition coefficient (Wildman–Crippen LogP) is 1.97. The molecule has 8 heteroatoms. The zero-order chi connectivity index (χ0) is 22.6. The first-order chi connectivity index (χ1) is 15.5. The number of ether oxygens (including phenoxy) is 1. The third-order valence-electron chi connectivity index (χ3n) is 6.19. The zero-order valence-corrected chi connectivity index (χ0v) is 18.2. The molecule has 4 rings (SSSR count). The van der Waals surface area contributed by atoms with Crippen molar-refractivity contribution in [3.63, 3.8) is 0 Å². The van der Waals surface area contributed by atoms with E-state index in [1.807, 2.05) is 25.1 Å². The maximum absolute atomic E-state index is 13.6. The molecule has 1 N–H and O–H groups in total. The van der Waals surface area contributed by atoms with Crippen molar-refractivity contribution in [2.75, 3.05) is 19.7 Å². The van der Waals surface area contributed by atoms with E-state index in [1.54, 1.807) is 46.5 Å². The van der Waals surface area contributed by atoms with E-state index in [9.17, 15) is 14.4 Å². The fourth-order valence-electron chi connectivity index (χ4n) is 4.43. The molecule has 2 aliphatic heterocycles. The van der Waals surface area contributed by atoms with Crippen LogP contribution in [0.15, 0.2) is 54.9 Å². The summed E-state index contributed by atoms with van der Waals surface area (Å²) in [6.07, 6.45) is 4.77. The molecule has 1 spiro atoms. The van der Waals surface area contributed by atoms with Gasteiger partial charge in [0.2, 0.25) is 11.8 Å². The highest BCUT2D eigenvalue weighted by Crippen LogP contribution is 2.38. The SMILES string of the molecule is CCC(=O)N1CCC2(CC1)OCC(C(=O)NCc1cccnc1)N2C(=O)c1ccccc1. The van der Waals surface area contributed by atoms with Gasteiger partial charge in [-0.1, -0.05) is 31.2 Å². The van der Waals surface area contributed by atoms with Crippen molar-refractivity contribution in [1.82, 2.24) is 20.1 Å². The molecule has 1 unspecified atom stereocenters. The molecule has 1 aromatic carbocycles. The maximum atomic E-state index is 13.6. The van der Waals surface area contributed by atoms with Crippen molar-refractivity contribution >= 4 is 17.7 Å². The number of carbonyl (C=O) groups excluding carboxylic acids is 3. The highest BCUT2D eigenvalue weighted by molar-refractivity contribution is 5.98. The summed E-state index contributed by atoms with van der Waals surface area (Å²) in [4.78, 5) is 46.3. The Morgan fingerprint density at radius 1 is 1.12 bits per heavy atom. The lowest BCUT2D eigenvalue weighted by atomic mass is 9.96. The highest BCUT2D eigenvalue weighted by Gasteiger charge is 2.54. The average Bonchev–Trinajstić information content (AvgIpc) is 3.21. The van der Waals surface area contributed by atoms with Gasteiger partial charge in [0.15, 0.2) is 0 Å². The number of nitrogens with zero attached hydrogens (tertiary/aromatic N) is 3. The minimum Gasteiger partial charge on any atom is -0.353 e. The average molecular weight is 437 g/mol. The highest BCUT2D eigenvalue weighted by atomic mass is 16.5. The van der Waals surface area contributed by atoms with E-state index in [-0.39, 0.29) is 24.3 Å². The molecule has 1 aromatic heterocycles. The van der Waals surface area contributed by atoms with Crippen molar-refractivity contribution in [3.8, 4) is 0 Å². The van der Waals surface area contributed by atoms with Gasteiger partial charge in [-0.15, -0.1) is 0 Å². The van der Waals surface area contributed by atoms with Crippen LogP contribution in [0.3, 0.4) is 0 Å². The number of benzene rings is 1. The van der Waals surface area contributed by atoms with Crippen LogP contribution >= 0.6 is 0 Å². The van der Waals surface area contributed by atoms with Crippen LogP contribution in [0.25, 0.3) is 0 Å². The number of pyridine rings is 1. The third kappa shape index (κ3) is 4.36. The molecule has 2 saturated heterocycles. The topological polar surface area (TPSA) is 91.8 Å². The van der Waals surface area contributed by atoms with E-state index in [0.717, 1.165) is 5.56 Å². The van der Waals surface area contributed by atoms with Gasteiger partial charge in [0.25, 0.3) is 5.91 Å². The predicted molar refractivity (Wildman–Crippen MR) is 117 cm³/mol. The first-order valence-electron chi connectivity index (χ1n) is 11.0. The summed E-state index contributed by atoms with van der Waals surface area (Å²) < 4.78 is 6.18. The number of nitrogens with one attached hydrogen (secondary N) is 1. The lowest BCUT2D eigenvalue weighted by Crippen LogP contribution is -2.59. The Labute approximate surface area is 187 Å². The molecular weight excluding hydrogens is 408 g/mol. The van der Waals surface area contributed by atoms with Crippen LogP contribution in [0.2, 0.25) is 0 Å². The van der Waals surface area contributed by atoms with Crippen molar-refractivity contribution in [2.45, 2.75) is 44.5 Å². The molecule has 0 radical (unpaired) electrons. The first-order valence-corrected chi connectivity index (χ1v) is 11.0. The van der Waals surface area contributed by atoms with Crippen LogP contribution in [0, 0.1) is 0 Å². The fourth-order valence-corrected chi connectivity index (χ4v) is 4.43. The van der Waals surface area contributed by atoms with Crippen LogP contribution in [0.1, 0.15) is 42.1 Å². The summed E-state index contributed by atoms with van der Waals surface area (Å²) in [6.45, 7) is 3.28. The Kier molecular flexibility index (Phi) is 6.50. The number of rotatable bonds is 5. The number of aromatic nitrogens is 1. The fraction of sp³-hybridized carbons (Fsp3) is 0.417. The van der Waals surface area contributed by atoms with Gasteiger partial charge < -0.3 is 15.0 Å². The van der Waals surface area contributed by atoms with Crippen LogP contribution in [-0.4, -0.2) is 64.0 Å². The van der Waals surface area contributed by atoms with Gasteiger partial charge in [0.05, 0.1) is 6.61 Å². The van der Waals surface area contributed by atoms with E-state index >= 15 is 0 Å². The Morgan fingerprint density at radius 3 is 2.53 bits per heavy atom. The second-order valence-electron chi connectivity index (χ2n) is 8.13. The molecule has 1 atom stereocenters. The quantitative estimate of drug-likeness (QED) is 0.774. The van der Waals surface area contributed by atoms with Gasteiger partial charge in [0, 0.05) is 56.9 Å². The molecule has 2 fully saturated rings. The Hall–Kier alpha value is -3.26. The summed E-state index contributed by atoms with van der Waals surface area (Å²) in [7, 11) is 0. The number of likely N-dealkylation sites (tertiary alicyclic amines) is 1. The number of carbonyl (C=O) groups is 3. The number of hydrogen-bond donors (Lipinski definition) is 1. The van der Waals surface area contributed by atoms with Crippen LogP contribution in [-0.2, 0) is 20.9 Å². The third-order valence-corrected chi connectivity index (χ3v) is 6.19. The number of hydrogen-bond acceptors (Lipinski definition) is 5. The summed E-state index contributed by atoms with van der Waals surface area (Å²) in [6, 6.07) is 11.9. The normalized spacial score (nSPS) is 19.7. The molecule has 2 aromatic rings. The van der Waals surface area contributed by atoms with Gasteiger partial charge in [-0.25, -0.2) is 0 Å². The van der Waals surface area contributed by atoms with Crippen LogP contribution in [0.5, 0.6) is 0 Å². The minimum atomic E-state index is -0.895. The van der Waals surface area contributed by atoms with E-state index in [2.05, 4.69) is 10.3 Å². The van der Waals surface area contributed by atoms with Gasteiger partial charge >= 0.3 is 0 Å². The molecule has 3 amide bonds. The molecular formula is C24H28N4O4. The standard InChI is InChI=1S/C24H28N4O4/c1-2-21(29)27-13-10-24(11-14-27)28(23(31)19-8-4-3-5-9-19)20(17-32-24)22(30)26-16-18-7-6-12-25-15-18/h3-9,12,15,20H,2,10-11,13-14,16-17H2,1H3,(H,26,30). The van der Waals surface area contributed by atoms with Gasteiger partial charge in [-0.2, -0.15) is 0 Å². The van der Waals surface area contributed by atoms with Crippen molar-refractivity contribution in [1.29, 1.82) is 0 Å². The van der Waals surface area contributed by atoms with E-state index < -0.39 is 11.8 Å². The molecule has 3 heterocycles. The van der Waals surface area contributed by atoms with Crippen molar-refractivity contribution in [3.05, 3.63) is 66.0 Å². The Bertz CT molecular complexity index is 958. The molecule has 32 heavy (non-hydrogen) atoms. The van der Waals surface area contributed by atoms with Gasteiger partial charge in [-0.05, 0) is 23.8 Å². The van der Waals surface area contributed by atoms with Gasteiger partial charge in [-0.3, -0.25) is 24.3 Å². The number of piperidine rings is 1. The number of amides is 3. The van der Waals surface area contributed by atoms with Crippen LogP contribution < -0.4 is 5.32 Å². The van der Waals surface area contributed by atoms with Crippen molar-refractivity contribution in [2.24, 2.45) is 0 Å². The van der Waals surface area contributed by atoms with E-state index in [4.69, 9.17) is 4.74 Å². The second kappa shape index (κ2) is 9.48. The second-order valence-corrected chi connectivity index (χ2v) is 8.13. The minimum absolute atomic E-state index is 0.0875. The molecule has 2 aliphatic rings. The van der Waals surface area contributed by atoms with E-state index in [1.165, 1.54) is 0 Å². The summed E-state index contributed by atoms with van der Waals surface area (Å²) in [5.74, 6) is -0.411. The molecule has 0 aliphatic carbocycles. The zero-order valence-electron chi connectivity index (χ0n) is 18.2. The van der Waals surface area contributed by atoms with Gasteiger partial charge in [0.1, 0.15) is 11.8 Å². The smallest absolute Gasteiger partial charge is 0.256 e. The lowest BCUT2D eigenvalue weighted by Gasteiger charge is -2.44. The monoisotopic (exact) mass is 436 g/mol. The molecule has 0 saturated carbocycles. The molecule has 0 bridgehead atoms. The van der Waals surface area contributed by atoms with Crippen LogP contribution in [0.4, 0.5) is 0 Å². The lowest BCUT2D eigenvalue weighted by molar-refractivity contribution is -0.143. The summed E-state index contributed by atoms with van der Waals surface area (Å²) >= 11 is 0. The summed E-state index contributed by atoms with van der Waals surface area (Å²) in [5, 5.41) is 2.92. The maximum Gasteiger partial charge on any atom is 0.256 e. The first kappa shape index (κ1) is 22.0. The van der Waals surface area contributed by atoms with Crippen molar-refractivity contribution < 1.29 is 19.1 Å².